The van der Waals surface area contributed by atoms with Crippen LogP contribution in [-0.4, -0.2) is 29.3 Å². The van der Waals surface area contributed by atoms with Gasteiger partial charge in [0, 0.05) is 30.1 Å². The molecule has 1 aliphatic heterocycles. The minimum Gasteiger partial charge on any atom is -0.494 e. The second-order valence-corrected chi connectivity index (χ2v) is 7.89. The molecule has 0 radical (unpaired) electrons. The van der Waals surface area contributed by atoms with Gasteiger partial charge in [-0.25, -0.2) is 4.98 Å². The molecule has 8 heteroatoms. The number of nitrogens with zero attached hydrogens (tertiary/aromatic N) is 3. The Bertz CT molecular complexity index is 1180. The topological polar surface area (TPSA) is 73.8 Å². The van der Waals surface area contributed by atoms with E-state index in [0.29, 0.717) is 35.3 Å². The average Bonchev–Trinajstić information content (AvgIpc) is 3.42. The first-order valence-corrected chi connectivity index (χ1v) is 10.7. The summed E-state index contributed by atoms with van der Waals surface area (Å²) >= 11 is 1.44. The summed E-state index contributed by atoms with van der Waals surface area (Å²) in [5.41, 5.74) is 2.23. The lowest BCUT2D eigenvalue weighted by molar-refractivity contribution is 0.0985. The number of hydrogen-bond donors (Lipinski definition) is 0. The van der Waals surface area contributed by atoms with Crippen molar-refractivity contribution >= 4 is 32.6 Å². The van der Waals surface area contributed by atoms with Crippen molar-refractivity contribution in [3.8, 4) is 17.2 Å². The maximum absolute atomic E-state index is 13.5. The Hall–Kier alpha value is -3.65. The van der Waals surface area contributed by atoms with Crippen molar-refractivity contribution in [2.24, 2.45) is 0 Å². The lowest BCUT2D eigenvalue weighted by atomic mass is 10.2. The molecule has 1 amide bonds. The number of thiazole rings is 1. The molecule has 0 unspecified atom stereocenters. The van der Waals surface area contributed by atoms with Gasteiger partial charge in [-0.15, -0.1) is 0 Å². The van der Waals surface area contributed by atoms with E-state index in [4.69, 9.17) is 19.2 Å². The lowest BCUT2D eigenvalue weighted by Gasteiger charge is -2.20. The van der Waals surface area contributed by atoms with Crippen LogP contribution in [0, 0.1) is 0 Å². The summed E-state index contributed by atoms with van der Waals surface area (Å²) in [5, 5.41) is 0.599. The Morgan fingerprint density at radius 1 is 1.16 bits per heavy atom. The van der Waals surface area contributed by atoms with Crippen LogP contribution in [-0.2, 0) is 6.54 Å². The van der Waals surface area contributed by atoms with Crippen molar-refractivity contribution in [3.63, 3.8) is 0 Å². The number of aromatic nitrogens is 2. The zero-order chi connectivity index (χ0) is 21.2. The van der Waals surface area contributed by atoms with E-state index in [1.807, 2.05) is 31.2 Å². The molecule has 0 fully saturated rings. The van der Waals surface area contributed by atoms with E-state index in [9.17, 15) is 4.79 Å². The molecule has 0 saturated heterocycles. The van der Waals surface area contributed by atoms with Crippen LogP contribution in [0.15, 0.2) is 60.9 Å². The number of carbonyl (C=O) groups excluding carboxylic acids is 1. The minimum atomic E-state index is -0.147. The smallest absolute Gasteiger partial charge is 0.260 e. The van der Waals surface area contributed by atoms with E-state index >= 15 is 0 Å². The molecule has 31 heavy (non-hydrogen) atoms. The third kappa shape index (κ3) is 3.89. The molecule has 156 valence electrons. The molecule has 0 spiro atoms. The van der Waals surface area contributed by atoms with Gasteiger partial charge in [-0.05, 0) is 42.8 Å². The number of anilines is 1. The molecule has 2 aromatic carbocycles. The fourth-order valence-electron chi connectivity index (χ4n) is 3.34. The predicted octanol–water partition coefficient (Wildman–Crippen LogP) is 4.67. The second-order valence-electron chi connectivity index (χ2n) is 6.88. The van der Waals surface area contributed by atoms with Crippen LogP contribution >= 0.6 is 11.3 Å². The van der Waals surface area contributed by atoms with Gasteiger partial charge in [-0.1, -0.05) is 17.4 Å². The SMILES string of the molecule is CCOc1ccc(C(=O)N(Cc2cccnc2)c2nc3cc4c(cc3s2)OCO4)cc1. The van der Waals surface area contributed by atoms with Crippen molar-refractivity contribution in [2.75, 3.05) is 18.3 Å². The van der Waals surface area contributed by atoms with E-state index in [0.717, 1.165) is 21.5 Å². The molecule has 0 bridgehead atoms. The fraction of sp³-hybridized carbons (Fsp3) is 0.174. The lowest BCUT2D eigenvalue weighted by Crippen LogP contribution is -2.30. The quantitative estimate of drug-likeness (QED) is 0.440. The number of pyridine rings is 1. The molecule has 0 aliphatic carbocycles. The fourth-order valence-corrected chi connectivity index (χ4v) is 4.31. The summed E-state index contributed by atoms with van der Waals surface area (Å²) in [5.74, 6) is 1.94. The number of amides is 1. The third-order valence-electron chi connectivity index (χ3n) is 4.82. The van der Waals surface area contributed by atoms with Crippen LogP contribution in [0.2, 0.25) is 0 Å². The van der Waals surface area contributed by atoms with E-state index < -0.39 is 0 Å². The maximum Gasteiger partial charge on any atom is 0.260 e. The molecule has 2 aromatic heterocycles. The summed E-state index contributed by atoms with van der Waals surface area (Å²) in [6.45, 7) is 3.06. The Morgan fingerprint density at radius 2 is 1.97 bits per heavy atom. The summed E-state index contributed by atoms with van der Waals surface area (Å²) in [6, 6.07) is 14.7. The van der Waals surface area contributed by atoms with Gasteiger partial charge in [0.1, 0.15) is 5.75 Å². The first-order valence-electron chi connectivity index (χ1n) is 9.85. The van der Waals surface area contributed by atoms with Crippen LogP contribution in [0.1, 0.15) is 22.8 Å². The Kier molecular flexibility index (Phi) is 5.13. The molecule has 5 rings (SSSR count). The molecule has 1 aliphatic rings. The summed E-state index contributed by atoms with van der Waals surface area (Å²) in [6.07, 6.45) is 3.46. The number of fused-ring (bicyclic) bond motifs is 2. The third-order valence-corrected chi connectivity index (χ3v) is 5.86. The first kappa shape index (κ1) is 19.3. The Balaban J connectivity index is 1.52. The van der Waals surface area contributed by atoms with E-state index in [1.165, 1.54) is 11.3 Å². The number of carbonyl (C=O) groups is 1. The number of hydrogen-bond acceptors (Lipinski definition) is 7. The minimum absolute atomic E-state index is 0.147. The largest absolute Gasteiger partial charge is 0.494 e. The van der Waals surface area contributed by atoms with E-state index in [1.54, 1.807) is 41.6 Å². The molecule has 0 N–H and O–H groups in total. The molecule has 7 nitrogen and oxygen atoms in total. The summed E-state index contributed by atoms with van der Waals surface area (Å²) in [4.78, 5) is 24.0. The second kappa shape index (κ2) is 8.23. The van der Waals surface area contributed by atoms with Crippen molar-refractivity contribution in [3.05, 3.63) is 72.1 Å². The van der Waals surface area contributed by atoms with Gasteiger partial charge in [0.2, 0.25) is 6.79 Å². The van der Waals surface area contributed by atoms with Crippen molar-refractivity contribution in [1.82, 2.24) is 9.97 Å². The van der Waals surface area contributed by atoms with Crippen molar-refractivity contribution in [2.45, 2.75) is 13.5 Å². The zero-order valence-electron chi connectivity index (χ0n) is 16.8. The Morgan fingerprint density at radius 3 is 2.71 bits per heavy atom. The molecule has 0 saturated carbocycles. The van der Waals surface area contributed by atoms with E-state index in [2.05, 4.69) is 4.98 Å². The van der Waals surface area contributed by atoms with E-state index in [-0.39, 0.29) is 12.7 Å². The standard InChI is InChI=1S/C23H19N3O4S/c1-2-28-17-7-5-16(6-8-17)22(27)26(13-15-4-3-9-24-12-15)23-25-18-10-19-20(30-14-29-19)11-21(18)31-23/h3-12H,2,13-14H2,1H3. The molecule has 4 aromatic rings. The first-order chi connectivity index (χ1) is 15.2. The zero-order valence-corrected chi connectivity index (χ0v) is 17.6. The average molecular weight is 433 g/mol. The normalized spacial score (nSPS) is 12.2. The van der Waals surface area contributed by atoms with Crippen LogP contribution in [0.25, 0.3) is 10.2 Å². The maximum atomic E-state index is 13.5. The Labute approximate surface area is 182 Å². The number of benzene rings is 2. The van der Waals surface area contributed by atoms with Gasteiger partial charge in [-0.2, -0.15) is 0 Å². The van der Waals surface area contributed by atoms with Crippen LogP contribution in [0.5, 0.6) is 17.2 Å². The van der Waals surface area contributed by atoms with Crippen molar-refractivity contribution in [1.29, 1.82) is 0 Å². The van der Waals surface area contributed by atoms with Crippen LogP contribution < -0.4 is 19.1 Å². The van der Waals surface area contributed by atoms with Gasteiger partial charge in [0.15, 0.2) is 16.6 Å². The van der Waals surface area contributed by atoms with Gasteiger partial charge < -0.3 is 14.2 Å². The summed E-state index contributed by atoms with van der Waals surface area (Å²) < 4.78 is 17.4. The predicted molar refractivity (Wildman–Crippen MR) is 118 cm³/mol. The molecular weight excluding hydrogens is 414 g/mol. The number of ether oxygens (including phenoxy) is 3. The summed E-state index contributed by atoms with van der Waals surface area (Å²) in [7, 11) is 0. The highest BCUT2D eigenvalue weighted by atomic mass is 32.1. The highest BCUT2D eigenvalue weighted by Gasteiger charge is 2.24. The van der Waals surface area contributed by atoms with Crippen LogP contribution in [0.4, 0.5) is 5.13 Å². The molecular formula is C23H19N3O4S. The van der Waals surface area contributed by atoms with Gasteiger partial charge in [0.05, 0.1) is 23.4 Å². The monoisotopic (exact) mass is 433 g/mol. The number of rotatable bonds is 6. The van der Waals surface area contributed by atoms with Crippen LogP contribution in [0.3, 0.4) is 0 Å². The van der Waals surface area contributed by atoms with Gasteiger partial charge in [-0.3, -0.25) is 14.7 Å². The van der Waals surface area contributed by atoms with Gasteiger partial charge in [0.25, 0.3) is 5.91 Å². The highest BCUT2D eigenvalue weighted by molar-refractivity contribution is 7.22. The molecule has 0 atom stereocenters. The highest BCUT2D eigenvalue weighted by Crippen LogP contribution is 2.40. The molecule has 3 heterocycles. The van der Waals surface area contributed by atoms with Gasteiger partial charge >= 0.3 is 0 Å². The van der Waals surface area contributed by atoms with Crippen molar-refractivity contribution < 1.29 is 19.0 Å².